The number of rotatable bonds is 6. The molecular formula is C19H16F2N4O3S. The van der Waals surface area contributed by atoms with Gasteiger partial charge in [0.15, 0.2) is 0 Å². The fourth-order valence-electron chi connectivity index (χ4n) is 2.84. The van der Waals surface area contributed by atoms with Crippen LogP contribution in [-0.2, 0) is 4.74 Å². The molecule has 0 spiro atoms. The van der Waals surface area contributed by atoms with Crippen LogP contribution in [0.1, 0.15) is 11.1 Å². The predicted molar refractivity (Wildman–Crippen MR) is 101 cm³/mol. The van der Waals surface area contributed by atoms with Crippen molar-refractivity contribution >= 4 is 17.6 Å². The molecule has 1 aromatic carbocycles. The smallest absolute Gasteiger partial charge is 0.247 e. The molecule has 0 aliphatic carbocycles. The van der Waals surface area contributed by atoms with Gasteiger partial charge in [-0.25, -0.2) is 13.8 Å². The lowest BCUT2D eigenvalue weighted by molar-refractivity contribution is 0.0733. The van der Waals surface area contributed by atoms with Gasteiger partial charge >= 0.3 is 0 Å². The lowest BCUT2D eigenvalue weighted by Gasteiger charge is -2.16. The van der Waals surface area contributed by atoms with Gasteiger partial charge in [0.05, 0.1) is 24.5 Å². The number of nitriles is 2. The highest BCUT2D eigenvalue weighted by molar-refractivity contribution is 7.99. The van der Waals surface area contributed by atoms with Crippen LogP contribution in [0.15, 0.2) is 29.3 Å². The normalized spacial score (nSPS) is 18.4. The van der Waals surface area contributed by atoms with E-state index in [0.29, 0.717) is 23.1 Å². The lowest BCUT2D eigenvalue weighted by Crippen LogP contribution is -2.29. The summed E-state index contributed by atoms with van der Waals surface area (Å²) in [6.45, 7) is 0.473. The van der Waals surface area contributed by atoms with Gasteiger partial charge in [-0.1, -0.05) is 23.9 Å². The first-order valence-electron chi connectivity index (χ1n) is 8.52. The highest BCUT2D eigenvalue weighted by Gasteiger charge is 2.28. The lowest BCUT2D eigenvalue weighted by atomic mass is 9.97. The molecule has 3 rings (SSSR count). The van der Waals surface area contributed by atoms with Crippen molar-refractivity contribution in [2.45, 2.75) is 23.7 Å². The summed E-state index contributed by atoms with van der Waals surface area (Å²) in [5.74, 6) is -0.218. The summed E-state index contributed by atoms with van der Waals surface area (Å²) < 4.78 is 36.0. The van der Waals surface area contributed by atoms with E-state index >= 15 is 0 Å². The van der Waals surface area contributed by atoms with E-state index in [9.17, 15) is 24.4 Å². The number of hydrogen-bond acceptors (Lipinski definition) is 8. The van der Waals surface area contributed by atoms with Gasteiger partial charge in [0.25, 0.3) is 0 Å². The zero-order valence-electron chi connectivity index (χ0n) is 15.0. The second-order valence-corrected chi connectivity index (χ2v) is 7.15. The number of nitrogen functional groups attached to an aromatic ring is 1. The number of halogens is 2. The molecule has 2 aromatic rings. The summed E-state index contributed by atoms with van der Waals surface area (Å²) in [4.78, 5) is 3.96. The maximum atomic E-state index is 12.6. The van der Waals surface area contributed by atoms with Gasteiger partial charge in [-0.3, -0.25) is 0 Å². The minimum absolute atomic E-state index is 0.00349. The number of pyridine rings is 1. The average molecular weight is 418 g/mol. The molecule has 150 valence electrons. The first-order valence-corrected chi connectivity index (χ1v) is 9.50. The molecule has 7 nitrogen and oxygen atoms in total. The van der Waals surface area contributed by atoms with Crippen molar-refractivity contribution in [1.29, 1.82) is 10.5 Å². The number of benzene rings is 1. The van der Waals surface area contributed by atoms with E-state index in [2.05, 4.69) is 4.98 Å². The van der Waals surface area contributed by atoms with Gasteiger partial charge in [-0.2, -0.15) is 10.5 Å². The summed E-state index contributed by atoms with van der Waals surface area (Å²) in [7, 11) is 0. The summed E-state index contributed by atoms with van der Waals surface area (Å²) >= 11 is 0.707. The minimum atomic E-state index is -2.58. The van der Waals surface area contributed by atoms with E-state index in [1.807, 2.05) is 12.1 Å². The molecule has 2 heterocycles. The topological polar surface area (TPSA) is 125 Å². The van der Waals surface area contributed by atoms with E-state index in [4.69, 9.17) is 15.2 Å². The number of ether oxygens (including phenoxy) is 2. The summed E-state index contributed by atoms with van der Waals surface area (Å²) in [5.41, 5.74) is 6.57. The van der Waals surface area contributed by atoms with Gasteiger partial charge in [-0.05, 0) is 17.7 Å². The maximum Gasteiger partial charge on any atom is 0.247 e. The number of aliphatic hydroxyl groups excluding tert-OH is 1. The predicted octanol–water partition coefficient (Wildman–Crippen LogP) is 2.57. The Morgan fingerprint density at radius 2 is 1.93 bits per heavy atom. The van der Waals surface area contributed by atoms with Crippen molar-refractivity contribution in [3.05, 3.63) is 35.4 Å². The van der Waals surface area contributed by atoms with Crippen LogP contribution in [0.25, 0.3) is 11.1 Å². The van der Waals surface area contributed by atoms with Crippen LogP contribution in [0.4, 0.5) is 14.6 Å². The van der Waals surface area contributed by atoms with E-state index in [-0.39, 0.29) is 40.7 Å². The number of aliphatic hydroxyl groups is 1. The molecular weight excluding hydrogens is 402 g/mol. The van der Waals surface area contributed by atoms with Gasteiger partial charge in [0.1, 0.15) is 46.5 Å². The van der Waals surface area contributed by atoms with Crippen molar-refractivity contribution in [1.82, 2.24) is 4.98 Å². The number of anilines is 1. The Kier molecular flexibility index (Phi) is 6.49. The molecule has 0 amide bonds. The van der Waals surface area contributed by atoms with Crippen molar-refractivity contribution in [3.63, 3.8) is 0 Å². The van der Waals surface area contributed by atoms with Crippen molar-refractivity contribution < 1.29 is 23.4 Å². The van der Waals surface area contributed by atoms with Crippen LogP contribution >= 0.6 is 11.8 Å². The van der Waals surface area contributed by atoms with E-state index in [1.54, 1.807) is 24.3 Å². The van der Waals surface area contributed by atoms with Crippen molar-refractivity contribution in [2.75, 3.05) is 24.7 Å². The monoisotopic (exact) mass is 418 g/mol. The van der Waals surface area contributed by atoms with Crippen LogP contribution in [-0.4, -0.2) is 47.7 Å². The standard InChI is InChI=1S/C19H16F2N4O3S/c20-16(21)9-29-19-13(6-23)17(12(5-22)18(24)25-19)10-1-3-11(4-2-10)28-15-8-27-7-14(15)26/h1-4,14-16,26H,7-9H2,(H2,24,25)/t14-,15-/m0/s1. The number of alkyl halides is 2. The van der Waals surface area contributed by atoms with E-state index in [1.165, 1.54) is 0 Å². The number of thioether (sulfide) groups is 1. The second-order valence-electron chi connectivity index (χ2n) is 6.14. The molecule has 0 bridgehead atoms. The Bertz CT molecular complexity index is 973. The minimum Gasteiger partial charge on any atom is -0.485 e. The van der Waals surface area contributed by atoms with Gasteiger partial charge in [-0.15, -0.1) is 0 Å². The van der Waals surface area contributed by atoms with Gasteiger partial charge in [0.2, 0.25) is 6.43 Å². The molecule has 1 fully saturated rings. The van der Waals surface area contributed by atoms with Crippen LogP contribution in [0.5, 0.6) is 5.75 Å². The molecule has 1 aliphatic heterocycles. The van der Waals surface area contributed by atoms with Gasteiger partial charge < -0.3 is 20.3 Å². The molecule has 0 unspecified atom stereocenters. The van der Waals surface area contributed by atoms with E-state index in [0.717, 1.165) is 0 Å². The van der Waals surface area contributed by atoms with Crippen LogP contribution in [0, 0.1) is 22.7 Å². The zero-order valence-corrected chi connectivity index (χ0v) is 15.8. The largest absolute Gasteiger partial charge is 0.485 e. The first kappa shape index (κ1) is 20.8. The SMILES string of the molecule is N#Cc1c(N)nc(SCC(F)F)c(C#N)c1-c1ccc(O[C@H]2COC[C@@H]2O)cc1. The Labute approximate surface area is 169 Å². The summed E-state index contributed by atoms with van der Waals surface area (Å²) in [6.07, 6.45) is -3.79. The molecule has 0 radical (unpaired) electrons. The highest BCUT2D eigenvalue weighted by Crippen LogP contribution is 2.36. The maximum absolute atomic E-state index is 12.6. The fourth-order valence-corrected chi connectivity index (χ4v) is 3.58. The van der Waals surface area contributed by atoms with Gasteiger partial charge in [0, 0.05) is 5.56 Å². The Balaban J connectivity index is 1.98. The zero-order chi connectivity index (χ0) is 21.0. The average Bonchev–Trinajstić information content (AvgIpc) is 3.10. The molecule has 10 heteroatoms. The fraction of sp³-hybridized carbons (Fsp3) is 0.316. The Hall–Kier alpha value is -2.92. The summed E-state index contributed by atoms with van der Waals surface area (Å²) in [5, 5.41) is 28.9. The third-order valence-electron chi connectivity index (χ3n) is 4.19. The molecule has 0 saturated carbocycles. The van der Waals surface area contributed by atoms with Crippen LogP contribution < -0.4 is 10.5 Å². The first-order chi connectivity index (χ1) is 13.9. The highest BCUT2D eigenvalue weighted by atomic mass is 32.2. The third kappa shape index (κ3) is 4.57. The summed E-state index contributed by atoms with van der Waals surface area (Å²) in [6, 6.07) is 10.4. The molecule has 1 aromatic heterocycles. The Morgan fingerprint density at radius 1 is 1.24 bits per heavy atom. The van der Waals surface area contributed by atoms with Crippen molar-refractivity contribution in [3.8, 4) is 29.0 Å². The number of nitrogens with zero attached hydrogens (tertiary/aromatic N) is 3. The van der Waals surface area contributed by atoms with Crippen molar-refractivity contribution in [2.24, 2.45) is 0 Å². The van der Waals surface area contributed by atoms with Crippen LogP contribution in [0.2, 0.25) is 0 Å². The number of hydrogen-bond donors (Lipinski definition) is 2. The molecule has 2 atom stereocenters. The Morgan fingerprint density at radius 3 is 2.48 bits per heavy atom. The number of nitrogens with two attached hydrogens (primary N) is 1. The quantitative estimate of drug-likeness (QED) is 0.686. The molecule has 3 N–H and O–H groups in total. The molecule has 1 aliphatic rings. The van der Waals surface area contributed by atoms with E-state index < -0.39 is 24.4 Å². The van der Waals surface area contributed by atoms with Crippen LogP contribution in [0.3, 0.4) is 0 Å². The molecule has 29 heavy (non-hydrogen) atoms. The second kappa shape index (κ2) is 9.05. The third-order valence-corrected chi connectivity index (χ3v) is 5.18. The number of aromatic nitrogens is 1. The molecule has 1 saturated heterocycles.